The van der Waals surface area contributed by atoms with E-state index in [2.05, 4.69) is 25.4 Å². The number of aliphatic hydroxyl groups excluding tert-OH is 1. The lowest BCUT2D eigenvalue weighted by Crippen LogP contribution is -2.43. The summed E-state index contributed by atoms with van der Waals surface area (Å²) in [6.45, 7) is 4.92. The van der Waals surface area contributed by atoms with Crippen LogP contribution < -0.4 is 15.1 Å². The van der Waals surface area contributed by atoms with Crippen LogP contribution in [0.15, 0.2) is 24.5 Å². The summed E-state index contributed by atoms with van der Waals surface area (Å²) in [5.41, 5.74) is -0.421. The number of halogens is 3. The van der Waals surface area contributed by atoms with Gasteiger partial charge in [0.2, 0.25) is 5.95 Å². The Hall–Kier alpha value is -3.19. The number of aromatic nitrogens is 5. The summed E-state index contributed by atoms with van der Waals surface area (Å²) in [6.07, 6.45) is -0.202. The molecule has 5 heterocycles. The third-order valence-corrected chi connectivity index (χ3v) is 6.90. The van der Waals surface area contributed by atoms with Crippen molar-refractivity contribution >= 4 is 34.3 Å². The van der Waals surface area contributed by atoms with E-state index >= 15 is 0 Å². The van der Waals surface area contributed by atoms with Gasteiger partial charge in [-0.05, 0) is 39.2 Å². The first-order chi connectivity index (χ1) is 17.0. The van der Waals surface area contributed by atoms with Gasteiger partial charge in [-0.15, -0.1) is 0 Å². The second-order valence-corrected chi connectivity index (χ2v) is 9.81. The predicted molar refractivity (Wildman–Crippen MR) is 129 cm³/mol. The minimum Gasteiger partial charge on any atom is -0.391 e. The molecule has 0 spiro atoms. The molecular weight excluding hydrogens is 477 g/mol. The predicted octanol–water partition coefficient (Wildman–Crippen LogP) is 3.01. The van der Waals surface area contributed by atoms with Crippen molar-refractivity contribution in [3.63, 3.8) is 0 Å². The summed E-state index contributed by atoms with van der Waals surface area (Å²) in [4.78, 5) is 17.0. The van der Waals surface area contributed by atoms with Gasteiger partial charge in [0, 0.05) is 44.6 Å². The molecule has 2 fully saturated rings. The van der Waals surface area contributed by atoms with Crippen LogP contribution in [0.1, 0.15) is 39.2 Å². The van der Waals surface area contributed by atoms with Crippen molar-refractivity contribution in [2.45, 2.75) is 57.0 Å². The fraction of sp³-hybridized carbons (Fsp3) is 0.565. The number of fused-ring (bicyclic) bond motifs is 1. The first-order valence-electron chi connectivity index (χ1n) is 12.0. The van der Waals surface area contributed by atoms with E-state index in [1.54, 1.807) is 17.2 Å². The highest BCUT2D eigenvalue weighted by molar-refractivity contribution is 5.92. The van der Waals surface area contributed by atoms with Crippen LogP contribution in [0.2, 0.25) is 0 Å². The Morgan fingerprint density at radius 3 is 2.56 bits per heavy atom. The SMILES string of the molecule is CC(n1nc(N2CC[C@@H](O)C2)c2cnc(Nc3ccnc(N4CCC(C)(O)CC4)n3)cc21)C(F)(F)F. The zero-order chi connectivity index (χ0) is 25.7. The molecule has 3 aromatic heterocycles. The van der Waals surface area contributed by atoms with E-state index in [1.807, 2.05) is 11.8 Å². The smallest absolute Gasteiger partial charge is 0.391 e. The van der Waals surface area contributed by atoms with Gasteiger partial charge >= 0.3 is 6.18 Å². The third kappa shape index (κ3) is 4.89. The number of nitrogens with one attached hydrogen (secondary N) is 1. The molecule has 3 aromatic rings. The molecule has 13 heteroatoms. The van der Waals surface area contributed by atoms with Crippen LogP contribution in [-0.4, -0.2) is 79.0 Å². The molecule has 2 aliphatic heterocycles. The molecule has 0 radical (unpaired) electrons. The van der Waals surface area contributed by atoms with Crippen LogP contribution in [0.25, 0.3) is 10.9 Å². The van der Waals surface area contributed by atoms with Gasteiger partial charge in [-0.1, -0.05) is 0 Å². The standard InChI is InChI=1S/C23H29F3N8O2/c1-14(23(24,25)26)34-17-11-19(28-12-16(17)20(31-34)33-8-4-15(35)13-33)29-18-3-7-27-21(30-18)32-9-5-22(2,36)6-10-32/h3,7,11-12,14-15,35-36H,4-6,8-10,13H2,1-2H3,(H,27,28,29,30)/t14?,15-/m1/s1. The lowest BCUT2D eigenvalue weighted by atomic mass is 9.94. The van der Waals surface area contributed by atoms with E-state index < -0.39 is 23.9 Å². The molecule has 0 saturated carbocycles. The first kappa shape index (κ1) is 24.5. The number of piperidine rings is 1. The van der Waals surface area contributed by atoms with Crippen LogP contribution in [0.5, 0.6) is 0 Å². The molecule has 2 aliphatic rings. The van der Waals surface area contributed by atoms with Crippen LogP contribution in [0.4, 0.5) is 36.6 Å². The van der Waals surface area contributed by atoms with Gasteiger partial charge in [-0.3, -0.25) is 4.68 Å². The van der Waals surface area contributed by atoms with Crippen molar-refractivity contribution in [3.8, 4) is 0 Å². The summed E-state index contributed by atoms with van der Waals surface area (Å²) >= 11 is 0. The number of pyridine rings is 1. The van der Waals surface area contributed by atoms with Crippen LogP contribution >= 0.6 is 0 Å². The lowest BCUT2D eigenvalue weighted by molar-refractivity contribution is -0.164. The summed E-state index contributed by atoms with van der Waals surface area (Å²) in [5.74, 6) is 1.64. The van der Waals surface area contributed by atoms with Crippen molar-refractivity contribution < 1.29 is 23.4 Å². The van der Waals surface area contributed by atoms with Gasteiger partial charge in [0.15, 0.2) is 5.82 Å². The number of anilines is 4. The monoisotopic (exact) mass is 506 g/mol. The zero-order valence-electron chi connectivity index (χ0n) is 20.1. The highest BCUT2D eigenvalue weighted by Gasteiger charge is 2.40. The van der Waals surface area contributed by atoms with E-state index in [1.165, 1.54) is 12.3 Å². The maximum Gasteiger partial charge on any atom is 0.410 e. The molecule has 0 bridgehead atoms. The van der Waals surface area contributed by atoms with Gasteiger partial charge in [0.25, 0.3) is 0 Å². The summed E-state index contributed by atoms with van der Waals surface area (Å²) in [6, 6.07) is 1.33. The molecule has 194 valence electrons. The van der Waals surface area contributed by atoms with Gasteiger partial charge in [-0.2, -0.15) is 23.3 Å². The normalized spacial score (nSPS) is 21.2. The van der Waals surface area contributed by atoms with Crippen molar-refractivity contribution in [1.82, 2.24) is 24.7 Å². The van der Waals surface area contributed by atoms with E-state index in [4.69, 9.17) is 0 Å². The molecule has 10 nitrogen and oxygen atoms in total. The maximum absolute atomic E-state index is 13.6. The van der Waals surface area contributed by atoms with Gasteiger partial charge in [0.1, 0.15) is 17.7 Å². The van der Waals surface area contributed by atoms with E-state index in [9.17, 15) is 23.4 Å². The molecule has 0 aliphatic carbocycles. The molecule has 0 amide bonds. The molecule has 0 aromatic carbocycles. The van der Waals surface area contributed by atoms with E-state index in [-0.39, 0.29) is 5.52 Å². The number of hydrogen-bond acceptors (Lipinski definition) is 9. The number of rotatable bonds is 5. The van der Waals surface area contributed by atoms with Gasteiger partial charge in [0.05, 0.1) is 22.6 Å². The molecule has 1 unspecified atom stereocenters. The first-order valence-corrected chi connectivity index (χ1v) is 12.0. The fourth-order valence-electron chi connectivity index (χ4n) is 4.58. The van der Waals surface area contributed by atoms with Crippen LogP contribution in [-0.2, 0) is 0 Å². The third-order valence-electron chi connectivity index (χ3n) is 6.90. The van der Waals surface area contributed by atoms with Crippen molar-refractivity contribution in [2.24, 2.45) is 0 Å². The Labute approximate surface area is 205 Å². The van der Waals surface area contributed by atoms with Crippen LogP contribution in [0, 0.1) is 0 Å². The van der Waals surface area contributed by atoms with Gasteiger partial charge < -0.3 is 25.3 Å². The molecule has 36 heavy (non-hydrogen) atoms. The molecule has 3 N–H and O–H groups in total. The minimum atomic E-state index is -4.49. The van der Waals surface area contributed by atoms with Crippen LogP contribution in [0.3, 0.4) is 0 Å². The van der Waals surface area contributed by atoms with Crippen molar-refractivity contribution in [3.05, 3.63) is 24.5 Å². The molecule has 2 saturated heterocycles. The molecule has 5 rings (SSSR count). The maximum atomic E-state index is 13.6. The summed E-state index contributed by atoms with van der Waals surface area (Å²) in [7, 11) is 0. The largest absolute Gasteiger partial charge is 0.410 e. The Balaban J connectivity index is 1.45. The number of hydrogen-bond donors (Lipinski definition) is 3. The number of aliphatic hydroxyl groups is 2. The van der Waals surface area contributed by atoms with E-state index in [0.717, 1.165) is 11.6 Å². The lowest BCUT2D eigenvalue weighted by Gasteiger charge is -2.35. The Bertz CT molecular complexity index is 1240. The minimum absolute atomic E-state index is 0.279. The average molecular weight is 507 g/mol. The Morgan fingerprint density at radius 2 is 1.89 bits per heavy atom. The summed E-state index contributed by atoms with van der Waals surface area (Å²) < 4.78 is 41.9. The quantitative estimate of drug-likeness (QED) is 0.480. The second kappa shape index (κ2) is 9.04. The Kier molecular flexibility index (Phi) is 6.15. The van der Waals surface area contributed by atoms with Crippen molar-refractivity contribution in [2.75, 3.05) is 41.3 Å². The van der Waals surface area contributed by atoms with Crippen molar-refractivity contribution in [1.29, 1.82) is 0 Å². The number of alkyl halides is 3. The van der Waals surface area contributed by atoms with E-state index in [0.29, 0.717) is 74.2 Å². The molecule has 2 atom stereocenters. The average Bonchev–Trinajstić information content (AvgIpc) is 3.41. The van der Waals surface area contributed by atoms with Gasteiger partial charge in [-0.25, -0.2) is 9.97 Å². The highest BCUT2D eigenvalue weighted by Crippen LogP contribution is 2.37. The number of nitrogens with zero attached hydrogens (tertiary/aromatic N) is 7. The fourth-order valence-corrected chi connectivity index (χ4v) is 4.58. The number of β-amino-alcohol motifs (C(OH)–C–C–N with tert-alkyl or cyclic N) is 1. The Morgan fingerprint density at radius 1 is 1.14 bits per heavy atom. The molecular formula is C23H29F3N8O2. The zero-order valence-corrected chi connectivity index (χ0v) is 20.1. The second-order valence-electron chi connectivity index (χ2n) is 9.81. The summed E-state index contributed by atoms with van der Waals surface area (Å²) in [5, 5.41) is 28.0. The topological polar surface area (TPSA) is 115 Å². The highest BCUT2D eigenvalue weighted by atomic mass is 19.4.